The second kappa shape index (κ2) is 6.80. The summed E-state index contributed by atoms with van der Waals surface area (Å²) < 4.78 is 10.5. The molecule has 1 aromatic rings. The maximum absolute atomic E-state index is 12.5. The predicted molar refractivity (Wildman–Crippen MR) is 81.9 cm³/mol. The molecule has 2 unspecified atom stereocenters. The Hall–Kier alpha value is -1.75. The molecule has 0 spiro atoms. The lowest BCUT2D eigenvalue weighted by Gasteiger charge is -2.37. The smallest absolute Gasteiger partial charge is 0.227 e. The monoisotopic (exact) mass is 292 g/mol. The van der Waals surface area contributed by atoms with Crippen molar-refractivity contribution in [3.8, 4) is 11.5 Å². The molecule has 116 valence electrons. The summed E-state index contributed by atoms with van der Waals surface area (Å²) in [5.74, 6) is 1.49. The Labute approximate surface area is 126 Å². The Kier molecular flexibility index (Phi) is 5.07. The van der Waals surface area contributed by atoms with E-state index < -0.39 is 0 Å². The first-order chi connectivity index (χ1) is 10.0. The van der Waals surface area contributed by atoms with Crippen LogP contribution in [0.3, 0.4) is 0 Å². The summed E-state index contributed by atoms with van der Waals surface area (Å²) >= 11 is 0. The molecule has 1 fully saturated rings. The second-order valence-electron chi connectivity index (χ2n) is 5.57. The molecular weight excluding hydrogens is 268 g/mol. The van der Waals surface area contributed by atoms with Crippen molar-refractivity contribution in [2.45, 2.75) is 32.4 Å². The first-order valence-corrected chi connectivity index (χ1v) is 7.29. The number of piperazine rings is 1. The summed E-state index contributed by atoms with van der Waals surface area (Å²) in [6.45, 7) is 5.78. The molecule has 0 radical (unpaired) electrons. The van der Waals surface area contributed by atoms with Crippen LogP contribution in [0.2, 0.25) is 0 Å². The minimum absolute atomic E-state index is 0.156. The highest BCUT2D eigenvalue weighted by Gasteiger charge is 2.26. The van der Waals surface area contributed by atoms with Crippen LogP contribution in [0.1, 0.15) is 19.4 Å². The Morgan fingerprint density at radius 2 is 2.00 bits per heavy atom. The van der Waals surface area contributed by atoms with E-state index in [9.17, 15) is 4.79 Å². The van der Waals surface area contributed by atoms with Crippen LogP contribution in [0.15, 0.2) is 18.2 Å². The van der Waals surface area contributed by atoms with E-state index in [4.69, 9.17) is 9.47 Å². The van der Waals surface area contributed by atoms with Gasteiger partial charge in [0.05, 0.1) is 20.6 Å². The van der Waals surface area contributed by atoms with Crippen LogP contribution in [0.4, 0.5) is 0 Å². The molecule has 5 nitrogen and oxygen atoms in total. The van der Waals surface area contributed by atoms with Gasteiger partial charge in [-0.2, -0.15) is 0 Å². The summed E-state index contributed by atoms with van der Waals surface area (Å²) in [5.41, 5.74) is 0.941. The zero-order chi connectivity index (χ0) is 15.4. The molecule has 1 N–H and O–H groups in total. The van der Waals surface area contributed by atoms with Gasteiger partial charge in [-0.3, -0.25) is 4.79 Å². The van der Waals surface area contributed by atoms with Gasteiger partial charge in [0.2, 0.25) is 5.91 Å². The largest absolute Gasteiger partial charge is 0.493 e. The van der Waals surface area contributed by atoms with Crippen molar-refractivity contribution in [3.63, 3.8) is 0 Å². The standard InChI is InChI=1S/C16H24N2O3/c1-11-10-18(12(2)9-17-11)16(19)8-13-5-6-14(20-3)15(7-13)21-4/h5-7,11-12,17H,8-10H2,1-4H3. The molecule has 0 aliphatic carbocycles. The molecule has 0 bridgehead atoms. The number of hydrogen-bond acceptors (Lipinski definition) is 4. The van der Waals surface area contributed by atoms with E-state index in [1.165, 1.54) is 0 Å². The zero-order valence-electron chi connectivity index (χ0n) is 13.2. The van der Waals surface area contributed by atoms with E-state index in [1.807, 2.05) is 23.1 Å². The van der Waals surface area contributed by atoms with Crippen molar-refractivity contribution in [2.75, 3.05) is 27.3 Å². The van der Waals surface area contributed by atoms with E-state index in [2.05, 4.69) is 19.2 Å². The van der Waals surface area contributed by atoms with E-state index >= 15 is 0 Å². The number of hydrogen-bond donors (Lipinski definition) is 1. The number of carbonyl (C=O) groups excluding carboxylic acids is 1. The number of ether oxygens (including phenoxy) is 2. The van der Waals surface area contributed by atoms with Gasteiger partial charge in [-0.15, -0.1) is 0 Å². The molecule has 1 aliphatic rings. The van der Waals surface area contributed by atoms with Crippen LogP contribution in [-0.4, -0.2) is 50.2 Å². The van der Waals surface area contributed by atoms with Crippen LogP contribution < -0.4 is 14.8 Å². The fourth-order valence-corrected chi connectivity index (χ4v) is 2.64. The topological polar surface area (TPSA) is 50.8 Å². The molecule has 1 aliphatic heterocycles. The third-order valence-corrected chi connectivity index (χ3v) is 3.89. The minimum Gasteiger partial charge on any atom is -0.493 e. The van der Waals surface area contributed by atoms with E-state index in [0.29, 0.717) is 24.0 Å². The Morgan fingerprint density at radius 1 is 1.29 bits per heavy atom. The third kappa shape index (κ3) is 3.67. The van der Waals surface area contributed by atoms with Crippen molar-refractivity contribution >= 4 is 5.91 Å². The van der Waals surface area contributed by atoms with Gasteiger partial charge in [0.1, 0.15) is 0 Å². The van der Waals surface area contributed by atoms with Gasteiger partial charge in [-0.25, -0.2) is 0 Å². The van der Waals surface area contributed by atoms with Gasteiger partial charge in [-0.05, 0) is 31.5 Å². The normalized spacial score (nSPS) is 22.0. The van der Waals surface area contributed by atoms with Crippen molar-refractivity contribution in [3.05, 3.63) is 23.8 Å². The first-order valence-electron chi connectivity index (χ1n) is 7.29. The van der Waals surface area contributed by atoms with Crippen LogP contribution in [0, 0.1) is 0 Å². The van der Waals surface area contributed by atoms with Gasteiger partial charge in [0.15, 0.2) is 11.5 Å². The fraction of sp³-hybridized carbons (Fsp3) is 0.562. The molecule has 1 aromatic carbocycles. The molecule has 0 aromatic heterocycles. The summed E-state index contributed by atoms with van der Waals surface area (Å²) in [6.07, 6.45) is 0.386. The average Bonchev–Trinajstić information content (AvgIpc) is 2.49. The molecule has 0 saturated carbocycles. The van der Waals surface area contributed by atoms with Crippen molar-refractivity contribution in [2.24, 2.45) is 0 Å². The van der Waals surface area contributed by atoms with E-state index in [-0.39, 0.29) is 11.9 Å². The SMILES string of the molecule is COc1ccc(CC(=O)N2CC(C)NCC2C)cc1OC. The molecule has 1 heterocycles. The van der Waals surface area contributed by atoms with Crippen molar-refractivity contribution in [1.82, 2.24) is 10.2 Å². The van der Waals surface area contributed by atoms with Gasteiger partial charge >= 0.3 is 0 Å². The number of amides is 1. The quantitative estimate of drug-likeness (QED) is 0.913. The first kappa shape index (κ1) is 15.6. The van der Waals surface area contributed by atoms with Crippen LogP contribution in [0.5, 0.6) is 11.5 Å². The van der Waals surface area contributed by atoms with Crippen molar-refractivity contribution in [1.29, 1.82) is 0 Å². The highest BCUT2D eigenvalue weighted by atomic mass is 16.5. The number of nitrogens with zero attached hydrogens (tertiary/aromatic N) is 1. The zero-order valence-corrected chi connectivity index (χ0v) is 13.2. The Balaban J connectivity index is 2.08. The highest BCUT2D eigenvalue weighted by Crippen LogP contribution is 2.28. The number of nitrogens with one attached hydrogen (secondary N) is 1. The number of benzene rings is 1. The minimum atomic E-state index is 0.156. The molecule has 1 amide bonds. The maximum atomic E-state index is 12.5. The van der Waals surface area contributed by atoms with Crippen LogP contribution in [0.25, 0.3) is 0 Å². The maximum Gasteiger partial charge on any atom is 0.227 e. The highest BCUT2D eigenvalue weighted by molar-refractivity contribution is 5.79. The summed E-state index contributed by atoms with van der Waals surface area (Å²) in [4.78, 5) is 14.5. The van der Waals surface area contributed by atoms with Crippen molar-refractivity contribution < 1.29 is 14.3 Å². The van der Waals surface area contributed by atoms with Gasteiger partial charge in [-0.1, -0.05) is 6.07 Å². The average molecular weight is 292 g/mol. The van der Waals surface area contributed by atoms with Gasteiger partial charge in [0.25, 0.3) is 0 Å². The molecule has 21 heavy (non-hydrogen) atoms. The lowest BCUT2D eigenvalue weighted by molar-refractivity contribution is -0.133. The molecule has 1 saturated heterocycles. The lowest BCUT2D eigenvalue weighted by Crippen LogP contribution is -2.56. The molecule has 2 rings (SSSR count). The summed E-state index contributed by atoms with van der Waals surface area (Å²) in [5, 5.41) is 3.38. The third-order valence-electron chi connectivity index (χ3n) is 3.89. The number of carbonyl (C=O) groups is 1. The predicted octanol–water partition coefficient (Wildman–Crippen LogP) is 1.46. The second-order valence-corrected chi connectivity index (χ2v) is 5.57. The molecule has 5 heteroatoms. The summed E-state index contributed by atoms with van der Waals surface area (Å²) in [7, 11) is 3.20. The van der Waals surface area contributed by atoms with E-state index in [0.717, 1.165) is 18.7 Å². The lowest BCUT2D eigenvalue weighted by atomic mass is 10.1. The van der Waals surface area contributed by atoms with Gasteiger partial charge in [0, 0.05) is 25.2 Å². The van der Waals surface area contributed by atoms with Crippen LogP contribution >= 0.6 is 0 Å². The fourth-order valence-electron chi connectivity index (χ4n) is 2.64. The Bertz CT molecular complexity index is 504. The summed E-state index contributed by atoms with van der Waals surface area (Å²) in [6, 6.07) is 6.19. The Morgan fingerprint density at radius 3 is 2.67 bits per heavy atom. The number of methoxy groups -OCH3 is 2. The van der Waals surface area contributed by atoms with Gasteiger partial charge < -0.3 is 19.7 Å². The molecular formula is C16H24N2O3. The number of rotatable bonds is 4. The van der Waals surface area contributed by atoms with E-state index in [1.54, 1.807) is 14.2 Å². The van der Waals surface area contributed by atoms with Crippen LogP contribution in [-0.2, 0) is 11.2 Å². The molecule has 2 atom stereocenters.